The first-order valence-electron chi connectivity index (χ1n) is 8.18. The van der Waals surface area contributed by atoms with E-state index in [9.17, 15) is 14.0 Å². The normalized spacial score (nSPS) is 11.8. The number of hydrogen-bond acceptors (Lipinski definition) is 6. The van der Waals surface area contributed by atoms with Gasteiger partial charge in [-0.3, -0.25) is 14.6 Å². The molecule has 28 heavy (non-hydrogen) atoms. The predicted octanol–water partition coefficient (Wildman–Crippen LogP) is 2.85. The number of halogens is 1. The Morgan fingerprint density at radius 3 is 2.64 bits per heavy atom. The van der Waals surface area contributed by atoms with Crippen LogP contribution in [0.25, 0.3) is 0 Å². The van der Waals surface area contributed by atoms with Gasteiger partial charge >= 0.3 is 0 Å². The van der Waals surface area contributed by atoms with Gasteiger partial charge in [0.1, 0.15) is 11.5 Å². The van der Waals surface area contributed by atoms with Gasteiger partial charge in [0.15, 0.2) is 11.5 Å². The van der Waals surface area contributed by atoms with E-state index in [4.69, 9.17) is 9.47 Å². The van der Waals surface area contributed by atoms with Crippen molar-refractivity contribution in [1.29, 1.82) is 0 Å². The Morgan fingerprint density at radius 2 is 1.82 bits per heavy atom. The molecule has 1 aromatic heterocycles. The number of amides is 2. The van der Waals surface area contributed by atoms with E-state index < -0.39 is 17.6 Å². The molecule has 2 aromatic carbocycles. The van der Waals surface area contributed by atoms with Crippen LogP contribution in [-0.2, 0) is 0 Å². The molecular formula is C19H13FN4O4. The molecule has 2 N–H and O–H groups in total. The smallest absolute Gasteiger partial charge is 0.275 e. The highest BCUT2D eigenvalue weighted by atomic mass is 19.1. The maximum atomic E-state index is 14.1. The van der Waals surface area contributed by atoms with E-state index in [1.807, 2.05) is 0 Å². The van der Waals surface area contributed by atoms with E-state index in [1.165, 1.54) is 30.7 Å². The van der Waals surface area contributed by atoms with Crippen LogP contribution in [0.5, 0.6) is 11.5 Å². The van der Waals surface area contributed by atoms with Crippen LogP contribution in [0.2, 0.25) is 0 Å². The van der Waals surface area contributed by atoms with E-state index in [2.05, 4.69) is 20.6 Å². The fraction of sp³-hybridized carbons (Fsp3) is 0.0526. The van der Waals surface area contributed by atoms with Crippen molar-refractivity contribution in [3.8, 4) is 11.5 Å². The Balaban J connectivity index is 1.50. The Labute approximate surface area is 158 Å². The van der Waals surface area contributed by atoms with E-state index in [-0.39, 0.29) is 18.2 Å². The first-order chi connectivity index (χ1) is 13.6. The third-order valence-electron chi connectivity index (χ3n) is 3.90. The first kappa shape index (κ1) is 17.4. The van der Waals surface area contributed by atoms with Gasteiger partial charge in [-0.2, -0.15) is 0 Å². The molecule has 0 spiro atoms. The lowest BCUT2D eigenvalue weighted by Crippen LogP contribution is -2.16. The highest BCUT2D eigenvalue weighted by Gasteiger charge is 2.17. The Bertz CT molecular complexity index is 1060. The van der Waals surface area contributed by atoms with Gasteiger partial charge < -0.3 is 20.1 Å². The zero-order valence-corrected chi connectivity index (χ0v) is 14.3. The van der Waals surface area contributed by atoms with Crippen molar-refractivity contribution in [2.24, 2.45) is 0 Å². The molecule has 3 aromatic rings. The lowest BCUT2D eigenvalue weighted by molar-refractivity contribution is 0.101. The largest absolute Gasteiger partial charge is 0.454 e. The number of nitrogens with zero attached hydrogens (tertiary/aromatic N) is 2. The van der Waals surface area contributed by atoms with Gasteiger partial charge in [0, 0.05) is 23.6 Å². The second-order valence-electron chi connectivity index (χ2n) is 5.76. The van der Waals surface area contributed by atoms with Gasteiger partial charge in [0.2, 0.25) is 6.79 Å². The number of anilines is 2. The summed E-state index contributed by atoms with van der Waals surface area (Å²) in [5.74, 6) is -0.656. The summed E-state index contributed by atoms with van der Waals surface area (Å²) in [4.78, 5) is 32.2. The number of rotatable bonds is 4. The van der Waals surface area contributed by atoms with E-state index in [1.54, 1.807) is 18.2 Å². The van der Waals surface area contributed by atoms with Crippen LogP contribution in [-0.4, -0.2) is 28.6 Å². The van der Waals surface area contributed by atoms with Crippen LogP contribution in [0.1, 0.15) is 20.8 Å². The van der Waals surface area contributed by atoms with Gasteiger partial charge in [-0.15, -0.1) is 0 Å². The summed E-state index contributed by atoms with van der Waals surface area (Å²) < 4.78 is 24.5. The molecule has 1 aliphatic heterocycles. The highest BCUT2D eigenvalue weighted by Crippen LogP contribution is 2.32. The molecule has 140 valence electrons. The van der Waals surface area contributed by atoms with Gasteiger partial charge in [-0.05, 0) is 36.4 Å². The fourth-order valence-corrected chi connectivity index (χ4v) is 2.54. The van der Waals surface area contributed by atoms with Gasteiger partial charge in [0.25, 0.3) is 11.8 Å². The molecular weight excluding hydrogens is 367 g/mol. The number of carbonyl (C=O) groups is 2. The van der Waals surface area contributed by atoms with Gasteiger partial charge in [0.05, 0.1) is 11.9 Å². The molecule has 1 aliphatic rings. The van der Waals surface area contributed by atoms with Crippen LogP contribution >= 0.6 is 0 Å². The number of nitrogens with one attached hydrogen (secondary N) is 2. The minimum atomic E-state index is -0.654. The summed E-state index contributed by atoms with van der Waals surface area (Å²) >= 11 is 0. The summed E-state index contributed by atoms with van der Waals surface area (Å²) in [5, 5.41) is 5.06. The van der Waals surface area contributed by atoms with E-state index >= 15 is 0 Å². The monoisotopic (exact) mass is 380 g/mol. The Morgan fingerprint density at radius 1 is 0.964 bits per heavy atom. The quantitative estimate of drug-likeness (QED) is 0.722. The maximum Gasteiger partial charge on any atom is 0.275 e. The fourth-order valence-electron chi connectivity index (χ4n) is 2.54. The minimum Gasteiger partial charge on any atom is -0.454 e. The molecule has 4 rings (SSSR count). The zero-order chi connectivity index (χ0) is 19.5. The van der Waals surface area contributed by atoms with Crippen molar-refractivity contribution in [2.75, 3.05) is 17.4 Å². The van der Waals surface area contributed by atoms with Crippen LogP contribution in [0.15, 0.2) is 55.0 Å². The van der Waals surface area contributed by atoms with Crippen molar-refractivity contribution in [3.05, 3.63) is 72.1 Å². The zero-order valence-electron chi connectivity index (χ0n) is 14.3. The average Bonchev–Trinajstić information content (AvgIpc) is 3.19. The van der Waals surface area contributed by atoms with Crippen molar-refractivity contribution in [3.63, 3.8) is 0 Å². The number of hydrogen-bond donors (Lipinski definition) is 2. The van der Waals surface area contributed by atoms with Crippen LogP contribution < -0.4 is 20.1 Å². The molecule has 0 aliphatic carbocycles. The lowest BCUT2D eigenvalue weighted by atomic mass is 10.1. The van der Waals surface area contributed by atoms with Gasteiger partial charge in [-0.1, -0.05) is 0 Å². The summed E-state index contributed by atoms with van der Waals surface area (Å²) in [7, 11) is 0. The number of aromatic nitrogens is 2. The van der Waals surface area contributed by atoms with E-state index in [0.717, 1.165) is 6.07 Å². The molecule has 0 atom stereocenters. The summed E-state index contributed by atoms with van der Waals surface area (Å²) in [6.45, 7) is 0.104. The van der Waals surface area contributed by atoms with Crippen molar-refractivity contribution in [2.45, 2.75) is 0 Å². The summed E-state index contributed by atoms with van der Waals surface area (Å²) in [6, 6.07) is 8.61. The average molecular weight is 380 g/mol. The number of benzene rings is 2. The van der Waals surface area contributed by atoms with Crippen molar-refractivity contribution >= 4 is 23.2 Å². The number of carbonyl (C=O) groups excluding carboxylic acids is 2. The molecule has 0 fully saturated rings. The topological polar surface area (TPSA) is 102 Å². The standard InChI is InChI=1S/C19H13FN4O4/c20-13-3-2-12(8-14(13)24-19(26)15-9-21-5-6-22-15)23-18(25)11-1-4-16-17(7-11)28-10-27-16/h1-9H,10H2,(H,23,25)(H,24,26). The molecule has 0 saturated heterocycles. The molecule has 0 saturated carbocycles. The summed E-state index contributed by atoms with van der Waals surface area (Å²) in [5.41, 5.74) is 0.591. The first-order valence-corrected chi connectivity index (χ1v) is 8.18. The minimum absolute atomic E-state index is 0.0386. The maximum absolute atomic E-state index is 14.1. The SMILES string of the molecule is O=C(Nc1ccc(F)c(NC(=O)c2cnccn2)c1)c1ccc2c(c1)OCO2. The van der Waals surface area contributed by atoms with Gasteiger partial charge in [-0.25, -0.2) is 9.37 Å². The molecule has 0 unspecified atom stereocenters. The molecule has 0 radical (unpaired) electrons. The molecule has 8 nitrogen and oxygen atoms in total. The van der Waals surface area contributed by atoms with Crippen LogP contribution in [0.4, 0.5) is 15.8 Å². The molecule has 0 bridgehead atoms. The highest BCUT2D eigenvalue weighted by molar-refractivity contribution is 6.06. The Hall–Kier alpha value is -4.01. The van der Waals surface area contributed by atoms with Crippen LogP contribution in [0.3, 0.4) is 0 Å². The molecule has 9 heteroatoms. The summed E-state index contributed by atoms with van der Waals surface area (Å²) in [6.07, 6.45) is 4.04. The second-order valence-corrected chi connectivity index (χ2v) is 5.76. The molecule has 2 heterocycles. The lowest BCUT2D eigenvalue weighted by Gasteiger charge is -2.10. The van der Waals surface area contributed by atoms with Crippen molar-refractivity contribution in [1.82, 2.24) is 9.97 Å². The number of fused-ring (bicyclic) bond motifs is 1. The van der Waals surface area contributed by atoms with E-state index in [0.29, 0.717) is 22.7 Å². The molecule has 2 amide bonds. The predicted molar refractivity (Wildman–Crippen MR) is 96.9 cm³/mol. The van der Waals surface area contributed by atoms with Crippen molar-refractivity contribution < 1.29 is 23.5 Å². The third-order valence-corrected chi connectivity index (χ3v) is 3.90. The number of ether oxygens (including phenoxy) is 2. The second kappa shape index (κ2) is 7.31. The Kier molecular flexibility index (Phi) is 4.55. The van der Waals surface area contributed by atoms with Crippen LogP contribution in [0, 0.1) is 5.82 Å². The third kappa shape index (κ3) is 3.58.